The molecule has 3 fully saturated rings. The normalized spacial score (nSPS) is 30.9. The van der Waals surface area contributed by atoms with Crippen LogP contribution < -0.4 is 5.11 Å². The topological polar surface area (TPSA) is 72.9 Å². The minimum atomic E-state index is -1.15. The second-order valence-corrected chi connectivity index (χ2v) is 7.60. The molecular weight excluding hydrogens is 344 g/mol. The van der Waals surface area contributed by atoms with E-state index in [2.05, 4.69) is 29.2 Å². The summed E-state index contributed by atoms with van der Waals surface area (Å²) in [5.41, 5.74) is 1.18. The third-order valence-electron chi connectivity index (χ3n) is 5.99. The molecule has 3 aliphatic rings. The maximum atomic E-state index is 12.9. The number of rotatable bonds is 5. The van der Waals surface area contributed by atoms with E-state index < -0.39 is 17.8 Å². The van der Waals surface area contributed by atoms with Crippen LogP contribution in [0, 0.1) is 11.8 Å². The summed E-state index contributed by atoms with van der Waals surface area (Å²) >= 11 is 0. The Balaban J connectivity index is 1.29. The number of ether oxygens (including phenoxy) is 1. The van der Waals surface area contributed by atoms with Gasteiger partial charge in [0.25, 0.3) is 0 Å². The summed E-state index contributed by atoms with van der Waals surface area (Å²) in [6.07, 6.45) is 5.14. The van der Waals surface area contributed by atoms with Crippen molar-refractivity contribution in [1.82, 2.24) is 9.80 Å². The number of aliphatic carboxylic acids is 1. The highest BCUT2D eigenvalue weighted by Crippen LogP contribution is 2.44. The molecule has 3 heterocycles. The molecular formula is C21H25N2O4-. The van der Waals surface area contributed by atoms with Crippen LogP contribution in [0.15, 0.2) is 36.4 Å². The van der Waals surface area contributed by atoms with Crippen molar-refractivity contribution in [3.63, 3.8) is 0 Å². The Morgan fingerprint density at radius 2 is 1.70 bits per heavy atom. The van der Waals surface area contributed by atoms with E-state index in [0.717, 1.165) is 26.1 Å². The number of benzene rings is 1. The van der Waals surface area contributed by atoms with Crippen molar-refractivity contribution in [2.75, 3.05) is 32.7 Å². The number of fused-ring (bicyclic) bond motifs is 2. The number of nitrogens with zero attached hydrogens (tertiary/aromatic N) is 2. The van der Waals surface area contributed by atoms with Gasteiger partial charge in [-0.2, -0.15) is 0 Å². The molecule has 27 heavy (non-hydrogen) atoms. The van der Waals surface area contributed by atoms with Crippen LogP contribution in [0.2, 0.25) is 0 Å². The highest BCUT2D eigenvalue weighted by molar-refractivity contribution is 5.86. The van der Waals surface area contributed by atoms with Crippen LogP contribution in [0.1, 0.15) is 18.4 Å². The number of carboxylic acid groups (broad SMARTS) is 1. The molecule has 1 aromatic carbocycles. The minimum Gasteiger partial charge on any atom is -0.550 e. The van der Waals surface area contributed by atoms with Gasteiger partial charge in [-0.15, -0.1) is 0 Å². The van der Waals surface area contributed by atoms with E-state index in [1.165, 1.54) is 5.56 Å². The first kappa shape index (κ1) is 18.2. The Kier molecular flexibility index (Phi) is 5.27. The van der Waals surface area contributed by atoms with E-state index in [1.54, 1.807) is 0 Å². The zero-order valence-corrected chi connectivity index (χ0v) is 15.3. The molecule has 3 aliphatic heterocycles. The molecule has 0 aromatic heterocycles. The van der Waals surface area contributed by atoms with Crippen LogP contribution in [0.3, 0.4) is 0 Å². The lowest BCUT2D eigenvalue weighted by molar-refractivity contribution is -0.314. The van der Waals surface area contributed by atoms with Crippen LogP contribution in [-0.2, 0) is 14.3 Å². The lowest BCUT2D eigenvalue weighted by Gasteiger charge is -2.38. The molecule has 4 atom stereocenters. The summed E-state index contributed by atoms with van der Waals surface area (Å²) in [5.74, 6) is -2.58. The number of carboxylic acids is 1. The van der Waals surface area contributed by atoms with Crippen LogP contribution in [0.5, 0.6) is 0 Å². The summed E-state index contributed by atoms with van der Waals surface area (Å²) in [4.78, 5) is 28.5. The SMILES string of the molecule is O=C([O-])C1C2CCC(O2)C1C(=O)N1CCN(C/C=C/c2ccccc2)CC1. The molecule has 0 saturated carbocycles. The average molecular weight is 369 g/mol. The molecule has 0 spiro atoms. The van der Waals surface area contributed by atoms with Crippen molar-refractivity contribution in [2.45, 2.75) is 25.0 Å². The van der Waals surface area contributed by atoms with Gasteiger partial charge in [-0.25, -0.2) is 0 Å². The molecule has 1 aromatic rings. The van der Waals surface area contributed by atoms with Crippen molar-refractivity contribution in [3.05, 3.63) is 42.0 Å². The fourth-order valence-electron chi connectivity index (χ4n) is 4.55. The first-order chi connectivity index (χ1) is 13.1. The van der Waals surface area contributed by atoms with E-state index in [4.69, 9.17) is 4.74 Å². The predicted molar refractivity (Wildman–Crippen MR) is 98.4 cm³/mol. The lowest BCUT2D eigenvalue weighted by atomic mass is 9.78. The summed E-state index contributed by atoms with van der Waals surface area (Å²) in [5, 5.41) is 11.5. The monoisotopic (exact) mass is 369 g/mol. The number of hydrogen-bond acceptors (Lipinski definition) is 5. The summed E-state index contributed by atoms with van der Waals surface area (Å²) in [6, 6.07) is 10.2. The molecule has 3 saturated heterocycles. The molecule has 6 nitrogen and oxygen atoms in total. The first-order valence-electron chi connectivity index (χ1n) is 9.72. The van der Waals surface area contributed by atoms with Gasteiger partial charge in [0.15, 0.2) is 0 Å². The van der Waals surface area contributed by atoms with Gasteiger partial charge in [0.1, 0.15) is 0 Å². The van der Waals surface area contributed by atoms with Crippen LogP contribution in [0.4, 0.5) is 0 Å². The largest absolute Gasteiger partial charge is 0.550 e. The Morgan fingerprint density at radius 1 is 1.04 bits per heavy atom. The minimum absolute atomic E-state index is 0.0733. The van der Waals surface area contributed by atoms with Crippen LogP contribution in [-0.4, -0.2) is 66.6 Å². The van der Waals surface area contributed by atoms with Crippen molar-refractivity contribution in [3.8, 4) is 0 Å². The molecule has 0 radical (unpaired) electrons. The van der Waals surface area contributed by atoms with Gasteiger partial charge >= 0.3 is 0 Å². The van der Waals surface area contributed by atoms with Gasteiger partial charge in [0.2, 0.25) is 5.91 Å². The Hall–Kier alpha value is -2.18. The molecule has 4 rings (SSSR count). The van der Waals surface area contributed by atoms with Gasteiger partial charge in [0.05, 0.1) is 18.1 Å². The highest BCUT2D eigenvalue weighted by atomic mass is 16.5. The second kappa shape index (κ2) is 7.82. The molecule has 144 valence electrons. The van der Waals surface area contributed by atoms with E-state index in [0.29, 0.717) is 19.5 Å². The molecule has 1 amide bonds. The smallest absolute Gasteiger partial charge is 0.229 e. The van der Waals surface area contributed by atoms with E-state index in [9.17, 15) is 14.7 Å². The third kappa shape index (κ3) is 3.77. The van der Waals surface area contributed by atoms with Crippen molar-refractivity contribution >= 4 is 18.0 Å². The average Bonchev–Trinajstić information content (AvgIpc) is 3.30. The van der Waals surface area contributed by atoms with Gasteiger partial charge in [-0.1, -0.05) is 42.5 Å². The Bertz CT molecular complexity index is 712. The molecule has 0 aliphatic carbocycles. The van der Waals surface area contributed by atoms with Gasteiger partial charge < -0.3 is 19.5 Å². The van der Waals surface area contributed by atoms with Gasteiger partial charge in [-0.3, -0.25) is 9.69 Å². The molecule has 0 N–H and O–H groups in total. The maximum Gasteiger partial charge on any atom is 0.229 e. The number of amides is 1. The zero-order chi connectivity index (χ0) is 18.8. The number of carbonyl (C=O) groups excluding carboxylic acids is 2. The first-order valence-corrected chi connectivity index (χ1v) is 9.72. The summed E-state index contributed by atoms with van der Waals surface area (Å²) in [6.45, 7) is 3.69. The highest BCUT2D eigenvalue weighted by Gasteiger charge is 2.53. The summed E-state index contributed by atoms with van der Waals surface area (Å²) < 4.78 is 5.70. The van der Waals surface area contributed by atoms with E-state index >= 15 is 0 Å². The van der Waals surface area contributed by atoms with Crippen LogP contribution in [0.25, 0.3) is 6.08 Å². The van der Waals surface area contributed by atoms with Crippen molar-refractivity contribution in [2.24, 2.45) is 11.8 Å². The van der Waals surface area contributed by atoms with Gasteiger partial charge in [-0.05, 0) is 18.4 Å². The molecule has 2 bridgehead atoms. The predicted octanol–water partition coefficient (Wildman–Crippen LogP) is 0.388. The van der Waals surface area contributed by atoms with E-state index in [1.807, 2.05) is 23.1 Å². The fraction of sp³-hybridized carbons (Fsp3) is 0.524. The van der Waals surface area contributed by atoms with Crippen molar-refractivity contribution < 1.29 is 19.4 Å². The van der Waals surface area contributed by atoms with Gasteiger partial charge in [0, 0.05) is 44.6 Å². The fourth-order valence-corrected chi connectivity index (χ4v) is 4.55. The quantitative estimate of drug-likeness (QED) is 0.751. The summed E-state index contributed by atoms with van der Waals surface area (Å²) in [7, 11) is 0. The Labute approximate surface area is 159 Å². The molecule has 6 heteroatoms. The number of hydrogen-bond donors (Lipinski definition) is 0. The zero-order valence-electron chi connectivity index (χ0n) is 15.3. The lowest BCUT2D eigenvalue weighted by Crippen LogP contribution is -2.54. The molecule has 4 unspecified atom stereocenters. The number of piperazine rings is 1. The Morgan fingerprint density at radius 3 is 2.37 bits per heavy atom. The number of carbonyl (C=O) groups is 2. The standard InChI is InChI=1S/C21H26N2O4/c24-20(18-16-8-9-17(27-16)19(18)21(25)26)23-13-11-22(12-14-23)10-4-7-15-5-2-1-3-6-15/h1-7,16-19H,8-14H2,(H,25,26)/p-1/b7-4+. The van der Waals surface area contributed by atoms with Crippen molar-refractivity contribution in [1.29, 1.82) is 0 Å². The van der Waals surface area contributed by atoms with E-state index in [-0.39, 0.29) is 18.1 Å². The van der Waals surface area contributed by atoms with Crippen LogP contribution >= 0.6 is 0 Å². The second-order valence-electron chi connectivity index (χ2n) is 7.60. The third-order valence-corrected chi connectivity index (χ3v) is 5.99. The maximum absolute atomic E-state index is 12.9.